The van der Waals surface area contributed by atoms with Gasteiger partial charge >= 0.3 is 0 Å². The van der Waals surface area contributed by atoms with Crippen LogP contribution in [0, 0.1) is 18.3 Å². The number of halogens is 1. The Kier molecular flexibility index (Phi) is 3.75. The van der Waals surface area contributed by atoms with Gasteiger partial charge in [0.2, 0.25) is 5.91 Å². The highest BCUT2D eigenvalue weighted by Gasteiger charge is 2.70. The zero-order valence-electron chi connectivity index (χ0n) is 13.3. The molecule has 1 aromatic rings. The fraction of sp³-hybridized carbons (Fsp3) is 0.588. The van der Waals surface area contributed by atoms with Crippen LogP contribution in [0.5, 0.6) is 0 Å². The molecular formula is C17H23ClN2O2. The van der Waals surface area contributed by atoms with Gasteiger partial charge in [0.1, 0.15) is 5.54 Å². The van der Waals surface area contributed by atoms with Crippen molar-refractivity contribution in [3.63, 3.8) is 0 Å². The number of anilines is 1. The molecule has 120 valence electrons. The number of aryl methyl sites for hydroxylation is 1. The highest BCUT2D eigenvalue weighted by atomic mass is 35.5. The summed E-state index contributed by atoms with van der Waals surface area (Å²) >= 11 is 5.96. The molecule has 3 N–H and O–H groups in total. The Morgan fingerprint density at radius 1 is 1.45 bits per heavy atom. The van der Waals surface area contributed by atoms with E-state index in [1.165, 1.54) is 0 Å². The van der Waals surface area contributed by atoms with Crippen molar-refractivity contribution in [2.75, 3.05) is 11.9 Å². The summed E-state index contributed by atoms with van der Waals surface area (Å²) in [5.74, 6) is -0.0430. The predicted molar refractivity (Wildman–Crippen MR) is 88.0 cm³/mol. The van der Waals surface area contributed by atoms with E-state index in [2.05, 4.69) is 5.32 Å². The van der Waals surface area contributed by atoms with Gasteiger partial charge in [-0.25, -0.2) is 0 Å². The maximum absolute atomic E-state index is 12.9. The molecule has 2 fully saturated rings. The summed E-state index contributed by atoms with van der Waals surface area (Å²) in [5.41, 5.74) is 7.01. The second kappa shape index (κ2) is 5.22. The van der Waals surface area contributed by atoms with Crippen LogP contribution >= 0.6 is 11.6 Å². The molecule has 1 saturated heterocycles. The molecule has 0 radical (unpaired) electrons. The van der Waals surface area contributed by atoms with E-state index >= 15 is 0 Å². The Bertz CT molecular complexity index is 617. The van der Waals surface area contributed by atoms with Gasteiger partial charge in [0.15, 0.2) is 0 Å². The molecule has 1 aliphatic carbocycles. The van der Waals surface area contributed by atoms with Gasteiger partial charge in [-0.05, 0) is 43.5 Å². The maximum atomic E-state index is 12.9. The summed E-state index contributed by atoms with van der Waals surface area (Å²) < 4.78 is 5.85. The van der Waals surface area contributed by atoms with Gasteiger partial charge in [-0.15, -0.1) is 0 Å². The average molecular weight is 323 g/mol. The first kappa shape index (κ1) is 15.8. The molecule has 0 bridgehead atoms. The number of carbonyl (C=O) groups is 1. The lowest BCUT2D eigenvalue weighted by Crippen LogP contribution is -2.81. The van der Waals surface area contributed by atoms with E-state index in [0.29, 0.717) is 5.02 Å². The summed E-state index contributed by atoms with van der Waals surface area (Å²) in [7, 11) is 0. The van der Waals surface area contributed by atoms with Crippen LogP contribution in [0.1, 0.15) is 32.3 Å². The Morgan fingerprint density at radius 3 is 2.86 bits per heavy atom. The number of benzene rings is 1. The van der Waals surface area contributed by atoms with E-state index in [1.54, 1.807) is 6.07 Å². The SMILES string of the molecule is Cc1cc(Cl)ccc1NC(=O)C1(N)C2CCCOC2C1(C)C. The van der Waals surface area contributed by atoms with Crippen LogP contribution in [-0.2, 0) is 9.53 Å². The average Bonchev–Trinajstić information content (AvgIpc) is 2.49. The number of fused-ring (bicyclic) bond motifs is 1. The Hall–Kier alpha value is -1.10. The molecule has 1 aromatic carbocycles. The fourth-order valence-corrected chi connectivity index (χ4v) is 4.26. The zero-order valence-corrected chi connectivity index (χ0v) is 14.0. The van der Waals surface area contributed by atoms with Gasteiger partial charge in [0.25, 0.3) is 0 Å². The first-order valence-electron chi connectivity index (χ1n) is 7.76. The number of carbonyl (C=O) groups excluding carboxylic acids is 1. The summed E-state index contributed by atoms with van der Waals surface area (Å²) in [4.78, 5) is 12.9. The van der Waals surface area contributed by atoms with Crippen molar-refractivity contribution >= 4 is 23.2 Å². The Morgan fingerprint density at radius 2 is 2.18 bits per heavy atom. The highest BCUT2D eigenvalue weighted by Crippen LogP contribution is 2.57. The quantitative estimate of drug-likeness (QED) is 0.879. The van der Waals surface area contributed by atoms with E-state index in [9.17, 15) is 4.79 Å². The molecule has 0 aromatic heterocycles. The maximum Gasteiger partial charge on any atom is 0.245 e. The molecule has 3 unspecified atom stereocenters. The molecule has 5 heteroatoms. The monoisotopic (exact) mass is 322 g/mol. The molecule has 4 nitrogen and oxygen atoms in total. The summed E-state index contributed by atoms with van der Waals surface area (Å²) in [6.07, 6.45) is 1.98. The molecule has 1 saturated carbocycles. The van der Waals surface area contributed by atoms with Crippen LogP contribution in [0.4, 0.5) is 5.69 Å². The number of hydrogen-bond acceptors (Lipinski definition) is 3. The van der Waals surface area contributed by atoms with Gasteiger partial charge in [0, 0.05) is 28.6 Å². The minimum absolute atomic E-state index is 0.0725. The molecule has 3 rings (SSSR count). The van der Waals surface area contributed by atoms with E-state index < -0.39 is 5.54 Å². The van der Waals surface area contributed by atoms with Gasteiger partial charge in [-0.2, -0.15) is 0 Å². The smallest absolute Gasteiger partial charge is 0.245 e. The zero-order chi connectivity index (χ0) is 16.1. The minimum Gasteiger partial charge on any atom is -0.377 e. The largest absolute Gasteiger partial charge is 0.377 e. The first-order valence-corrected chi connectivity index (χ1v) is 8.14. The lowest BCUT2D eigenvalue weighted by atomic mass is 9.46. The normalized spacial score (nSPS) is 32.8. The van der Waals surface area contributed by atoms with Crippen LogP contribution in [0.25, 0.3) is 0 Å². The molecule has 1 aliphatic heterocycles. The van der Waals surface area contributed by atoms with Crippen molar-refractivity contribution in [3.05, 3.63) is 28.8 Å². The van der Waals surface area contributed by atoms with Crippen molar-refractivity contribution in [3.8, 4) is 0 Å². The summed E-state index contributed by atoms with van der Waals surface area (Å²) in [5, 5.41) is 3.65. The predicted octanol–water partition coefficient (Wildman–Crippen LogP) is 3.12. The third-order valence-corrected chi connectivity index (χ3v) is 5.73. The highest BCUT2D eigenvalue weighted by molar-refractivity contribution is 6.30. The van der Waals surface area contributed by atoms with Crippen molar-refractivity contribution in [2.45, 2.75) is 45.3 Å². The summed E-state index contributed by atoms with van der Waals surface area (Å²) in [6.45, 7) is 6.73. The third-order valence-electron chi connectivity index (χ3n) is 5.50. The fourth-order valence-electron chi connectivity index (χ4n) is 4.03. The Balaban J connectivity index is 1.84. The van der Waals surface area contributed by atoms with Crippen LogP contribution in [0.2, 0.25) is 5.02 Å². The van der Waals surface area contributed by atoms with Crippen molar-refractivity contribution < 1.29 is 9.53 Å². The first-order chi connectivity index (χ1) is 10.3. The van der Waals surface area contributed by atoms with Crippen LogP contribution in [0.15, 0.2) is 18.2 Å². The van der Waals surface area contributed by atoms with Crippen molar-refractivity contribution in [1.82, 2.24) is 0 Å². The van der Waals surface area contributed by atoms with Crippen molar-refractivity contribution in [2.24, 2.45) is 17.1 Å². The number of hydrogen-bond donors (Lipinski definition) is 2. The number of ether oxygens (including phenoxy) is 1. The topological polar surface area (TPSA) is 64.4 Å². The molecule has 1 amide bonds. The van der Waals surface area contributed by atoms with Gasteiger partial charge < -0.3 is 15.8 Å². The second-order valence-corrected chi connectivity index (χ2v) is 7.48. The standard InChI is InChI=1S/C17H23ClN2O2/c1-10-9-11(18)6-7-13(10)20-15(21)17(19)12-5-4-8-22-14(12)16(17,2)3/h6-7,9,12,14H,4-5,8,19H2,1-3H3,(H,20,21). The number of amides is 1. The van der Waals surface area contributed by atoms with E-state index in [0.717, 1.165) is 30.7 Å². The van der Waals surface area contributed by atoms with E-state index in [-0.39, 0.29) is 23.3 Å². The van der Waals surface area contributed by atoms with Gasteiger partial charge in [-0.3, -0.25) is 4.79 Å². The molecule has 22 heavy (non-hydrogen) atoms. The molecule has 1 heterocycles. The third kappa shape index (κ3) is 2.08. The molecule has 3 atom stereocenters. The van der Waals surface area contributed by atoms with Crippen LogP contribution < -0.4 is 11.1 Å². The second-order valence-electron chi connectivity index (χ2n) is 7.04. The lowest BCUT2D eigenvalue weighted by Gasteiger charge is -2.65. The van der Waals surface area contributed by atoms with E-state index in [1.807, 2.05) is 32.9 Å². The Labute approximate surface area is 136 Å². The molecule has 0 spiro atoms. The minimum atomic E-state index is -0.899. The van der Waals surface area contributed by atoms with Crippen LogP contribution in [-0.4, -0.2) is 24.2 Å². The number of nitrogens with two attached hydrogens (primary N) is 1. The lowest BCUT2D eigenvalue weighted by molar-refractivity contribution is -0.222. The number of nitrogens with one attached hydrogen (secondary N) is 1. The van der Waals surface area contributed by atoms with Gasteiger partial charge in [0.05, 0.1) is 6.10 Å². The molecule has 2 aliphatic rings. The number of rotatable bonds is 2. The molecular weight excluding hydrogens is 300 g/mol. The van der Waals surface area contributed by atoms with Gasteiger partial charge in [-0.1, -0.05) is 25.4 Å². The van der Waals surface area contributed by atoms with E-state index in [4.69, 9.17) is 22.1 Å². The van der Waals surface area contributed by atoms with Crippen LogP contribution in [0.3, 0.4) is 0 Å². The summed E-state index contributed by atoms with van der Waals surface area (Å²) in [6, 6.07) is 5.42. The van der Waals surface area contributed by atoms with Crippen molar-refractivity contribution in [1.29, 1.82) is 0 Å².